The van der Waals surface area contributed by atoms with E-state index in [1.54, 1.807) is 7.11 Å². The molecule has 0 radical (unpaired) electrons. The molecular formula is C14H23NO4. The van der Waals surface area contributed by atoms with Crippen LogP contribution < -0.4 is 0 Å². The Morgan fingerprint density at radius 3 is 2.68 bits per heavy atom. The van der Waals surface area contributed by atoms with Crippen molar-refractivity contribution in [2.24, 2.45) is 5.92 Å². The number of aliphatic carboxylic acids is 1. The van der Waals surface area contributed by atoms with Gasteiger partial charge in [-0.3, -0.25) is 9.59 Å². The molecule has 0 aromatic rings. The lowest BCUT2D eigenvalue weighted by molar-refractivity contribution is -0.143. The molecular weight excluding hydrogens is 246 g/mol. The quantitative estimate of drug-likeness (QED) is 0.796. The Hall–Kier alpha value is -1.10. The lowest BCUT2D eigenvalue weighted by Gasteiger charge is -2.40. The molecule has 0 bridgehead atoms. The summed E-state index contributed by atoms with van der Waals surface area (Å²) in [5, 5.41) is 8.68. The van der Waals surface area contributed by atoms with E-state index in [9.17, 15) is 9.59 Å². The van der Waals surface area contributed by atoms with E-state index in [0.29, 0.717) is 25.3 Å². The number of carboxylic acids is 1. The molecule has 5 nitrogen and oxygen atoms in total. The summed E-state index contributed by atoms with van der Waals surface area (Å²) in [5.41, 5.74) is -0.212. The van der Waals surface area contributed by atoms with Crippen LogP contribution in [0.15, 0.2) is 0 Å². The van der Waals surface area contributed by atoms with Crippen molar-refractivity contribution >= 4 is 11.9 Å². The summed E-state index contributed by atoms with van der Waals surface area (Å²) >= 11 is 0. The summed E-state index contributed by atoms with van der Waals surface area (Å²) in [7, 11) is 1.69. The number of amides is 1. The van der Waals surface area contributed by atoms with Crippen molar-refractivity contribution in [3.8, 4) is 0 Å². The SMILES string of the molecule is COC1(CC(=O)N2CCC(CCC(=O)O)C2)CCC1. The van der Waals surface area contributed by atoms with Gasteiger partial charge >= 0.3 is 5.97 Å². The summed E-state index contributed by atoms with van der Waals surface area (Å²) in [6.07, 6.45) is 5.39. The molecule has 1 atom stereocenters. The van der Waals surface area contributed by atoms with E-state index in [1.807, 2.05) is 4.90 Å². The van der Waals surface area contributed by atoms with Crippen molar-refractivity contribution in [1.29, 1.82) is 0 Å². The van der Waals surface area contributed by atoms with Gasteiger partial charge < -0.3 is 14.7 Å². The third-order valence-electron chi connectivity index (χ3n) is 4.58. The van der Waals surface area contributed by atoms with Gasteiger partial charge in [-0.1, -0.05) is 0 Å². The number of carbonyl (C=O) groups is 2. The molecule has 1 aliphatic carbocycles. The van der Waals surface area contributed by atoms with Gasteiger partial charge in [0, 0.05) is 26.6 Å². The number of rotatable bonds is 6. The molecule has 0 spiro atoms. The molecule has 1 aliphatic heterocycles. The molecule has 5 heteroatoms. The largest absolute Gasteiger partial charge is 0.481 e. The van der Waals surface area contributed by atoms with E-state index in [-0.39, 0.29) is 17.9 Å². The molecule has 2 aliphatic rings. The number of nitrogens with zero attached hydrogens (tertiary/aromatic N) is 1. The Balaban J connectivity index is 1.77. The van der Waals surface area contributed by atoms with Gasteiger partial charge in [0.25, 0.3) is 0 Å². The average Bonchev–Trinajstić information content (AvgIpc) is 2.80. The summed E-state index contributed by atoms with van der Waals surface area (Å²) in [6, 6.07) is 0. The molecule has 19 heavy (non-hydrogen) atoms. The Morgan fingerprint density at radius 1 is 1.42 bits per heavy atom. The highest BCUT2D eigenvalue weighted by Gasteiger charge is 2.40. The van der Waals surface area contributed by atoms with Gasteiger partial charge in [0.1, 0.15) is 0 Å². The molecule has 0 aromatic heterocycles. The molecule has 1 heterocycles. The molecule has 2 fully saturated rings. The molecule has 1 N–H and O–H groups in total. The van der Waals surface area contributed by atoms with E-state index in [1.165, 1.54) is 0 Å². The Labute approximate surface area is 113 Å². The van der Waals surface area contributed by atoms with Crippen LogP contribution in [0.1, 0.15) is 44.9 Å². The topological polar surface area (TPSA) is 66.8 Å². The van der Waals surface area contributed by atoms with Crippen LogP contribution in [0.3, 0.4) is 0 Å². The number of likely N-dealkylation sites (tertiary alicyclic amines) is 1. The smallest absolute Gasteiger partial charge is 0.303 e. The molecule has 1 amide bonds. The molecule has 2 rings (SSSR count). The van der Waals surface area contributed by atoms with E-state index in [2.05, 4.69) is 0 Å². The molecule has 1 saturated heterocycles. The number of hydrogen-bond acceptors (Lipinski definition) is 3. The first kappa shape index (κ1) is 14.3. The number of hydrogen-bond donors (Lipinski definition) is 1. The predicted molar refractivity (Wildman–Crippen MR) is 69.8 cm³/mol. The normalized spacial score (nSPS) is 25.1. The highest BCUT2D eigenvalue weighted by molar-refractivity contribution is 5.77. The Bertz CT molecular complexity index is 346. The molecule has 0 aromatic carbocycles. The highest BCUT2D eigenvalue weighted by Crippen LogP contribution is 2.38. The van der Waals surface area contributed by atoms with Crippen molar-refractivity contribution in [3.63, 3.8) is 0 Å². The predicted octanol–water partition coefficient (Wildman–Crippen LogP) is 1.66. The maximum Gasteiger partial charge on any atom is 0.303 e. The van der Waals surface area contributed by atoms with E-state index in [4.69, 9.17) is 9.84 Å². The molecule has 108 valence electrons. The van der Waals surface area contributed by atoms with Crippen molar-refractivity contribution in [2.45, 2.75) is 50.5 Å². The number of carboxylic acid groups (broad SMARTS) is 1. The summed E-state index contributed by atoms with van der Waals surface area (Å²) < 4.78 is 5.48. The van der Waals surface area contributed by atoms with E-state index < -0.39 is 5.97 Å². The van der Waals surface area contributed by atoms with E-state index >= 15 is 0 Å². The number of ether oxygens (including phenoxy) is 1. The van der Waals surface area contributed by atoms with Gasteiger partial charge in [-0.2, -0.15) is 0 Å². The van der Waals surface area contributed by atoms with E-state index in [0.717, 1.165) is 32.2 Å². The summed E-state index contributed by atoms with van der Waals surface area (Å²) in [5.74, 6) is -0.239. The number of methoxy groups -OCH3 is 1. The zero-order valence-corrected chi connectivity index (χ0v) is 11.6. The zero-order valence-electron chi connectivity index (χ0n) is 11.6. The Kier molecular flexibility index (Phi) is 4.45. The lowest BCUT2D eigenvalue weighted by Crippen LogP contribution is -2.44. The van der Waals surface area contributed by atoms with Crippen LogP contribution in [0.4, 0.5) is 0 Å². The van der Waals surface area contributed by atoms with Gasteiger partial charge in [0.2, 0.25) is 5.91 Å². The lowest BCUT2D eigenvalue weighted by atomic mass is 9.77. The standard InChI is InChI=1S/C14H23NO4/c1-19-14(6-2-7-14)9-12(16)15-8-5-11(10-15)3-4-13(17)18/h11H,2-10H2,1H3,(H,17,18). The van der Waals surface area contributed by atoms with Gasteiger partial charge in [-0.15, -0.1) is 0 Å². The fraction of sp³-hybridized carbons (Fsp3) is 0.857. The zero-order chi connectivity index (χ0) is 13.9. The highest BCUT2D eigenvalue weighted by atomic mass is 16.5. The van der Waals surface area contributed by atoms with Gasteiger partial charge in [-0.05, 0) is 38.0 Å². The second-order valence-electron chi connectivity index (χ2n) is 5.84. The summed E-state index contributed by atoms with van der Waals surface area (Å²) in [4.78, 5) is 24.7. The van der Waals surface area contributed by atoms with Gasteiger partial charge in [0.15, 0.2) is 0 Å². The minimum Gasteiger partial charge on any atom is -0.481 e. The van der Waals surface area contributed by atoms with Crippen LogP contribution in [0, 0.1) is 5.92 Å². The van der Waals surface area contributed by atoms with Crippen LogP contribution in [0.25, 0.3) is 0 Å². The summed E-state index contributed by atoms with van der Waals surface area (Å²) in [6.45, 7) is 1.48. The molecule has 1 saturated carbocycles. The minimum atomic E-state index is -0.752. The first-order chi connectivity index (χ1) is 9.04. The van der Waals surface area contributed by atoms with Crippen LogP contribution in [0.2, 0.25) is 0 Å². The maximum absolute atomic E-state index is 12.2. The average molecular weight is 269 g/mol. The third kappa shape index (κ3) is 3.47. The monoisotopic (exact) mass is 269 g/mol. The first-order valence-electron chi connectivity index (χ1n) is 7.09. The minimum absolute atomic E-state index is 0.166. The van der Waals surface area contributed by atoms with Crippen molar-refractivity contribution < 1.29 is 19.4 Å². The second kappa shape index (κ2) is 5.90. The van der Waals surface area contributed by atoms with Crippen molar-refractivity contribution in [1.82, 2.24) is 4.90 Å². The van der Waals surface area contributed by atoms with Gasteiger partial charge in [-0.25, -0.2) is 0 Å². The molecule has 1 unspecified atom stereocenters. The van der Waals surface area contributed by atoms with Crippen molar-refractivity contribution in [3.05, 3.63) is 0 Å². The van der Waals surface area contributed by atoms with Gasteiger partial charge in [0.05, 0.1) is 12.0 Å². The third-order valence-corrected chi connectivity index (χ3v) is 4.58. The fourth-order valence-electron chi connectivity index (χ4n) is 3.03. The fourth-order valence-corrected chi connectivity index (χ4v) is 3.03. The van der Waals surface area contributed by atoms with Crippen LogP contribution in [-0.2, 0) is 14.3 Å². The van der Waals surface area contributed by atoms with Crippen LogP contribution >= 0.6 is 0 Å². The first-order valence-corrected chi connectivity index (χ1v) is 7.09. The number of carbonyl (C=O) groups excluding carboxylic acids is 1. The van der Waals surface area contributed by atoms with Crippen LogP contribution in [-0.4, -0.2) is 47.7 Å². The van der Waals surface area contributed by atoms with Crippen molar-refractivity contribution in [2.75, 3.05) is 20.2 Å². The Morgan fingerprint density at radius 2 is 2.16 bits per heavy atom. The second-order valence-corrected chi connectivity index (χ2v) is 5.84. The maximum atomic E-state index is 12.2. The van der Waals surface area contributed by atoms with Crippen LogP contribution in [0.5, 0.6) is 0 Å².